The SMILES string of the molecule is CCC(Sc1nc(-c2ccco2)c(-c2ccco2)[nH]1)C(=O)Nc1cccc(C)c1. The molecule has 2 N–H and O–H groups in total. The van der Waals surface area contributed by atoms with Crippen LogP contribution in [0.15, 0.2) is 75.0 Å². The summed E-state index contributed by atoms with van der Waals surface area (Å²) >= 11 is 1.39. The van der Waals surface area contributed by atoms with Gasteiger partial charge in [0.2, 0.25) is 5.91 Å². The number of imidazole rings is 1. The van der Waals surface area contributed by atoms with Gasteiger partial charge in [-0.15, -0.1) is 0 Å². The summed E-state index contributed by atoms with van der Waals surface area (Å²) < 4.78 is 11.1. The number of carbonyl (C=O) groups is 1. The van der Waals surface area contributed by atoms with Gasteiger partial charge in [-0.25, -0.2) is 4.98 Å². The highest BCUT2D eigenvalue weighted by atomic mass is 32.2. The zero-order chi connectivity index (χ0) is 20.2. The van der Waals surface area contributed by atoms with Gasteiger partial charge in [0, 0.05) is 5.69 Å². The van der Waals surface area contributed by atoms with Crippen molar-refractivity contribution in [2.45, 2.75) is 30.7 Å². The van der Waals surface area contributed by atoms with Crippen molar-refractivity contribution in [2.75, 3.05) is 5.32 Å². The van der Waals surface area contributed by atoms with Crippen LogP contribution in [0.1, 0.15) is 18.9 Å². The molecule has 6 nitrogen and oxygen atoms in total. The molecule has 0 radical (unpaired) electrons. The van der Waals surface area contributed by atoms with Crippen LogP contribution >= 0.6 is 11.8 Å². The lowest BCUT2D eigenvalue weighted by Crippen LogP contribution is -2.24. The van der Waals surface area contributed by atoms with Gasteiger partial charge in [0.05, 0.1) is 17.8 Å². The van der Waals surface area contributed by atoms with Gasteiger partial charge in [-0.3, -0.25) is 4.79 Å². The summed E-state index contributed by atoms with van der Waals surface area (Å²) in [6.07, 6.45) is 3.88. The first-order valence-corrected chi connectivity index (χ1v) is 10.2. The van der Waals surface area contributed by atoms with Gasteiger partial charge < -0.3 is 19.1 Å². The Hall–Kier alpha value is -3.19. The van der Waals surface area contributed by atoms with Gasteiger partial charge in [0.1, 0.15) is 11.4 Å². The summed E-state index contributed by atoms with van der Waals surface area (Å²) in [7, 11) is 0. The molecule has 0 fully saturated rings. The first-order chi connectivity index (χ1) is 14.1. The molecule has 3 heterocycles. The molecule has 1 amide bonds. The van der Waals surface area contributed by atoms with E-state index in [1.807, 2.05) is 62.4 Å². The Balaban J connectivity index is 1.57. The van der Waals surface area contributed by atoms with Crippen LogP contribution in [-0.2, 0) is 4.79 Å². The molecule has 7 heteroatoms. The normalized spacial score (nSPS) is 12.1. The van der Waals surface area contributed by atoms with E-state index in [1.165, 1.54) is 11.8 Å². The first kappa shape index (κ1) is 19.1. The standard InChI is InChI=1S/C22H21N3O3S/c1-3-18(21(26)23-15-8-4-7-14(2)13-15)29-22-24-19(16-9-5-11-27-16)20(25-22)17-10-6-12-28-17/h4-13,18H,3H2,1-2H3,(H,23,26)(H,24,25). The van der Waals surface area contributed by atoms with Crippen LogP contribution in [0.3, 0.4) is 0 Å². The largest absolute Gasteiger partial charge is 0.463 e. The molecular weight excluding hydrogens is 386 g/mol. The highest BCUT2D eigenvalue weighted by molar-refractivity contribution is 8.00. The molecule has 0 aliphatic heterocycles. The second kappa shape index (κ2) is 8.45. The molecule has 0 spiro atoms. The minimum absolute atomic E-state index is 0.0569. The van der Waals surface area contributed by atoms with Gasteiger partial charge in [-0.2, -0.15) is 0 Å². The monoisotopic (exact) mass is 407 g/mol. The lowest BCUT2D eigenvalue weighted by atomic mass is 10.2. The smallest absolute Gasteiger partial charge is 0.237 e. The summed E-state index contributed by atoms with van der Waals surface area (Å²) in [6, 6.07) is 15.1. The minimum atomic E-state index is -0.296. The second-order valence-corrected chi connectivity index (χ2v) is 7.79. The number of carbonyl (C=O) groups excluding carboxylic acids is 1. The number of rotatable bonds is 7. The average Bonchev–Trinajstić information content (AvgIpc) is 3.47. The molecule has 1 unspecified atom stereocenters. The van der Waals surface area contributed by atoms with Crippen LogP contribution in [0.2, 0.25) is 0 Å². The summed E-state index contributed by atoms with van der Waals surface area (Å²) in [5.74, 6) is 1.24. The van der Waals surface area contributed by atoms with E-state index in [-0.39, 0.29) is 11.2 Å². The van der Waals surface area contributed by atoms with Crippen molar-refractivity contribution in [1.29, 1.82) is 0 Å². The van der Waals surface area contributed by atoms with Gasteiger partial charge in [-0.05, 0) is 55.3 Å². The zero-order valence-electron chi connectivity index (χ0n) is 16.1. The Labute approximate surface area is 172 Å². The number of anilines is 1. The number of aromatic nitrogens is 2. The van der Waals surface area contributed by atoms with Gasteiger partial charge in [-0.1, -0.05) is 30.8 Å². The van der Waals surface area contributed by atoms with Crippen molar-refractivity contribution in [3.63, 3.8) is 0 Å². The molecule has 0 bridgehead atoms. The summed E-state index contributed by atoms with van der Waals surface area (Å²) in [6.45, 7) is 3.98. The summed E-state index contributed by atoms with van der Waals surface area (Å²) in [4.78, 5) is 20.8. The van der Waals surface area contributed by atoms with Crippen LogP contribution in [0, 0.1) is 6.92 Å². The third-order valence-electron chi connectivity index (χ3n) is 4.41. The van der Waals surface area contributed by atoms with Crippen LogP contribution in [0.5, 0.6) is 0 Å². The molecular formula is C22H21N3O3S. The van der Waals surface area contributed by atoms with E-state index in [4.69, 9.17) is 8.83 Å². The maximum atomic E-state index is 12.8. The molecule has 1 atom stereocenters. The average molecular weight is 407 g/mol. The molecule has 0 aliphatic rings. The fourth-order valence-corrected chi connectivity index (χ4v) is 3.91. The van der Waals surface area contributed by atoms with E-state index in [0.717, 1.165) is 16.9 Å². The van der Waals surface area contributed by atoms with Crippen molar-refractivity contribution in [1.82, 2.24) is 9.97 Å². The predicted octanol–water partition coefficient (Wildman–Crippen LogP) is 5.75. The summed E-state index contributed by atoms with van der Waals surface area (Å²) in [5, 5.41) is 3.33. The van der Waals surface area contributed by atoms with E-state index >= 15 is 0 Å². The quantitative estimate of drug-likeness (QED) is 0.381. The van der Waals surface area contributed by atoms with Crippen LogP contribution in [0.25, 0.3) is 22.9 Å². The molecule has 0 aliphatic carbocycles. The van der Waals surface area contributed by atoms with Gasteiger partial charge >= 0.3 is 0 Å². The number of benzene rings is 1. The number of amides is 1. The Kier molecular flexibility index (Phi) is 5.57. The third-order valence-corrected chi connectivity index (χ3v) is 5.66. The van der Waals surface area contributed by atoms with E-state index in [0.29, 0.717) is 28.8 Å². The molecule has 29 heavy (non-hydrogen) atoms. The van der Waals surface area contributed by atoms with E-state index in [9.17, 15) is 4.79 Å². The highest BCUT2D eigenvalue weighted by Crippen LogP contribution is 2.35. The fraction of sp³-hybridized carbons (Fsp3) is 0.182. The number of hydrogen-bond acceptors (Lipinski definition) is 5. The summed E-state index contributed by atoms with van der Waals surface area (Å²) in [5.41, 5.74) is 3.27. The number of aryl methyl sites for hydroxylation is 1. The van der Waals surface area contributed by atoms with Gasteiger partial charge in [0.15, 0.2) is 16.7 Å². The fourth-order valence-electron chi connectivity index (χ4n) is 3.00. The maximum Gasteiger partial charge on any atom is 0.237 e. The number of furan rings is 2. The molecule has 0 saturated heterocycles. The van der Waals surface area contributed by atoms with Crippen LogP contribution in [0.4, 0.5) is 5.69 Å². The predicted molar refractivity (Wildman–Crippen MR) is 114 cm³/mol. The number of nitrogens with one attached hydrogen (secondary N) is 2. The van der Waals surface area contributed by atoms with Crippen LogP contribution in [-0.4, -0.2) is 21.1 Å². The number of thioether (sulfide) groups is 1. The van der Waals surface area contributed by atoms with E-state index in [2.05, 4.69) is 15.3 Å². The molecule has 3 aromatic heterocycles. The van der Waals surface area contributed by atoms with Crippen molar-refractivity contribution in [3.05, 3.63) is 66.6 Å². The van der Waals surface area contributed by atoms with Crippen LogP contribution < -0.4 is 5.32 Å². The molecule has 1 aromatic carbocycles. The molecule has 148 valence electrons. The second-order valence-electron chi connectivity index (χ2n) is 6.59. The lowest BCUT2D eigenvalue weighted by molar-refractivity contribution is -0.115. The Morgan fingerprint density at radius 1 is 1.14 bits per heavy atom. The zero-order valence-corrected chi connectivity index (χ0v) is 17.0. The number of H-pyrrole nitrogens is 1. The number of aromatic amines is 1. The van der Waals surface area contributed by atoms with Gasteiger partial charge in [0.25, 0.3) is 0 Å². The minimum Gasteiger partial charge on any atom is -0.463 e. The van der Waals surface area contributed by atoms with Crippen molar-refractivity contribution >= 4 is 23.4 Å². The molecule has 0 saturated carbocycles. The topological polar surface area (TPSA) is 84.1 Å². The maximum absolute atomic E-state index is 12.8. The number of hydrogen-bond donors (Lipinski definition) is 2. The lowest BCUT2D eigenvalue weighted by Gasteiger charge is -2.13. The molecule has 4 aromatic rings. The van der Waals surface area contributed by atoms with Crippen molar-refractivity contribution in [3.8, 4) is 22.9 Å². The van der Waals surface area contributed by atoms with E-state index < -0.39 is 0 Å². The third kappa shape index (κ3) is 4.30. The van der Waals surface area contributed by atoms with Crippen molar-refractivity contribution < 1.29 is 13.6 Å². The Morgan fingerprint density at radius 2 is 1.90 bits per heavy atom. The first-order valence-electron chi connectivity index (χ1n) is 9.36. The Bertz CT molecular complexity index is 1030. The number of nitrogens with zero attached hydrogens (tertiary/aromatic N) is 1. The highest BCUT2D eigenvalue weighted by Gasteiger charge is 2.23. The van der Waals surface area contributed by atoms with E-state index in [1.54, 1.807) is 12.5 Å². The molecule has 4 rings (SSSR count). The van der Waals surface area contributed by atoms with Crippen molar-refractivity contribution in [2.24, 2.45) is 0 Å². The Morgan fingerprint density at radius 3 is 2.55 bits per heavy atom.